The predicted molar refractivity (Wildman–Crippen MR) is 65.7 cm³/mol. The fourth-order valence-corrected chi connectivity index (χ4v) is 2.11. The molecule has 2 rings (SSSR count). The molecule has 1 aromatic carbocycles. The SMILES string of the molecule is COc1ccc(C(=O)CN2CC(O)C(O)C2)cc1F. The molecule has 0 aromatic heterocycles. The number of methoxy groups -OCH3 is 1. The summed E-state index contributed by atoms with van der Waals surface area (Å²) in [5.74, 6) is -0.763. The number of rotatable bonds is 4. The Balaban J connectivity index is 2.02. The van der Waals surface area contributed by atoms with E-state index < -0.39 is 18.0 Å². The highest BCUT2D eigenvalue weighted by Gasteiger charge is 2.30. The Bertz CT molecular complexity index is 470. The zero-order valence-corrected chi connectivity index (χ0v) is 10.5. The first kappa shape index (κ1) is 13.9. The third-order valence-electron chi connectivity index (χ3n) is 3.18. The van der Waals surface area contributed by atoms with Gasteiger partial charge in [0.2, 0.25) is 0 Å². The Morgan fingerprint density at radius 1 is 1.42 bits per heavy atom. The maximum absolute atomic E-state index is 13.5. The summed E-state index contributed by atoms with van der Waals surface area (Å²) in [7, 11) is 1.35. The lowest BCUT2D eigenvalue weighted by Crippen LogP contribution is -2.28. The van der Waals surface area contributed by atoms with E-state index in [0.717, 1.165) is 6.07 Å². The first-order valence-corrected chi connectivity index (χ1v) is 5.96. The molecule has 2 unspecified atom stereocenters. The van der Waals surface area contributed by atoms with Crippen molar-refractivity contribution in [3.05, 3.63) is 29.6 Å². The molecule has 0 aliphatic carbocycles. The standard InChI is InChI=1S/C13H16FNO4/c1-19-13-3-2-8(4-9(13)14)10(16)5-15-6-11(17)12(18)7-15/h2-4,11-12,17-18H,5-7H2,1H3. The van der Waals surface area contributed by atoms with Crippen molar-refractivity contribution in [3.8, 4) is 5.75 Å². The van der Waals surface area contributed by atoms with Gasteiger partial charge in [0.25, 0.3) is 0 Å². The average Bonchev–Trinajstić information content (AvgIpc) is 2.68. The van der Waals surface area contributed by atoms with E-state index >= 15 is 0 Å². The van der Waals surface area contributed by atoms with Crippen LogP contribution in [0.25, 0.3) is 0 Å². The van der Waals surface area contributed by atoms with Crippen molar-refractivity contribution in [2.45, 2.75) is 12.2 Å². The van der Waals surface area contributed by atoms with Crippen LogP contribution in [0.2, 0.25) is 0 Å². The fourth-order valence-electron chi connectivity index (χ4n) is 2.11. The Labute approximate surface area is 110 Å². The van der Waals surface area contributed by atoms with E-state index in [1.165, 1.54) is 19.2 Å². The van der Waals surface area contributed by atoms with Crippen LogP contribution in [0.1, 0.15) is 10.4 Å². The van der Waals surface area contributed by atoms with E-state index in [-0.39, 0.29) is 36.7 Å². The fraction of sp³-hybridized carbons (Fsp3) is 0.462. The highest BCUT2D eigenvalue weighted by Crippen LogP contribution is 2.18. The van der Waals surface area contributed by atoms with E-state index in [0.29, 0.717) is 0 Å². The van der Waals surface area contributed by atoms with Gasteiger partial charge in [-0.05, 0) is 18.2 Å². The van der Waals surface area contributed by atoms with Gasteiger partial charge < -0.3 is 14.9 Å². The molecule has 0 saturated carbocycles. The smallest absolute Gasteiger partial charge is 0.176 e. The van der Waals surface area contributed by atoms with Gasteiger partial charge in [-0.25, -0.2) is 4.39 Å². The van der Waals surface area contributed by atoms with Gasteiger partial charge in [-0.1, -0.05) is 0 Å². The number of ketones is 1. The van der Waals surface area contributed by atoms with E-state index in [4.69, 9.17) is 4.74 Å². The summed E-state index contributed by atoms with van der Waals surface area (Å²) in [6, 6.07) is 4.02. The van der Waals surface area contributed by atoms with Crippen LogP contribution < -0.4 is 4.74 Å². The van der Waals surface area contributed by atoms with Crippen LogP contribution in [-0.2, 0) is 0 Å². The minimum atomic E-state index is -0.833. The van der Waals surface area contributed by atoms with Crippen molar-refractivity contribution in [3.63, 3.8) is 0 Å². The lowest BCUT2D eigenvalue weighted by Gasteiger charge is -2.13. The van der Waals surface area contributed by atoms with Gasteiger partial charge in [0.1, 0.15) is 0 Å². The molecule has 1 aliphatic heterocycles. The molecule has 104 valence electrons. The molecule has 19 heavy (non-hydrogen) atoms. The van der Waals surface area contributed by atoms with Gasteiger partial charge in [-0.3, -0.25) is 9.69 Å². The monoisotopic (exact) mass is 269 g/mol. The molecule has 0 radical (unpaired) electrons. The normalized spacial score (nSPS) is 23.6. The summed E-state index contributed by atoms with van der Waals surface area (Å²) in [6.45, 7) is 0.525. The van der Waals surface area contributed by atoms with Crippen molar-refractivity contribution in [2.75, 3.05) is 26.7 Å². The summed E-state index contributed by atoms with van der Waals surface area (Å²) >= 11 is 0. The average molecular weight is 269 g/mol. The highest BCUT2D eigenvalue weighted by molar-refractivity contribution is 5.97. The molecule has 1 heterocycles. The second kappa shape index (κ2) is 5.64. The first-order valence-electron chi connectivity index (χ1n) is 5.96. The van der Waals surface area contributed by atoms with Crippen molar-refractivity contribution in [1.29, 1.82) is 0 Å². The van der Waals surface area contributed by atoms with Gasteiger partial charge in [0, 0.05) is 18.7 Å². The number of ether oxygens (including phenoxy) is 1. The van der Waals surface area contributed by atoms with Gasteiger partial charge in [-0.15, -0.1) is 0 Å². The second-order valence-electron chi connectivity index (χ2n) is 4.60. The lowest BCUT2D eigenvalue weighted by atomic mass is 10.1. The van der Waals surface area contributed by atoms with Crippen LogP contribution >= 0.6 is 0 Å². The third kappa shape index (κ3) is 3.09. The van der Waals surface area contributed by atoms with E-state index in [1.54, 1.807) is 4.90 Å². The molecular weight excluding hydrogens is 253 g/mol. The minimum Gasteiger partial charge on any atom is -0.494 e. The van der Waals surface area contributed by atoms with Gasteiger partial charge in [-0.2, -0.15) is 0 Å². The van der Waals surface area contributed by atoms with Gasteiger partial charge in [0.15, 0.2) is 17.3 Å². The van der Waals surface area contributed by atoms with Gasteiger partial charge >= 0.3 is 0 Å². The number of hydrogen-bond acceptors (Lipinski definition) is 5. The topological polar surface area (TPSA) is 70.0 Å². The molecule has 0 amide bonds. The molecule has 0 bridgehead atoms. The van der Waals surface area contributed by atoms with E-state index in [2.05, 4.69) is 0 Å². The van der Waals surface area contributed by atoms with Crippen LogP contribution in [0.5, 0.6) is 5.75 Å². The van der Waals surface area contributed by atoms with Crippen LogP contribution in [0, 0.1) is 5.82 Å². The number of nitrogens with zero attached hydrogens (tertiary/aromatic N) is 1. The number of carbonyl (C=O) groups is 1. The maximum atomic E-state index is 13.5. The zero-order valence-electron chi connectivity index (χ0n) is 10.5. The Kier molecular flexibility index (Phi) is 4.14. The first-order chi connectivity index (χ1) is 9.01. The Morgan fingerprint density at radius 3 is 2.58 bits per heavy atom. The molecule has 1 fully saturated rings. The van der Waals surface area contributed by atoms with Crippen molar-refractivity contribution >= 4 is 5.78 Å². The molecule has 1 aromatic rings. The highest BCUT2D eigenvalue weighted by atomic mass is 19.1. The second-order valence-corrected chi connectivity index (χ2v) is 4.60. The molecule has 1 aliphatic rings. The van der Waals surface area contributed by atoms with Crippen LogP contribution in [0.3, 0.4) is 0 Å². The largest absolute Gasteiger partial charge is 0.494 e. The summed E-state index contributed by atoms with van der Waals surface area (Å²) in [6.07, 6.45) is -1.67. The van der Waals surface area contributed by atoms with Crippen LogP contribution in [-0.4, -0.2) is 59.8 Å². The van der Waals surface area contributed by atoms with Crippen LogP contribution in [0.4, 0.5) is 4.39 Å². The third-order valence-corrected chi connectivity index (χ3v) is 3.18. The molecule has 5 nitrogen and oxygen atoms in total. The Hall–Kier alpha value is -1.50. The van der Waals surface area contributed by atoms with Gasteiger partial charge in [0.05, 0.1) is 25.9 Å². The summed E-state index contributed by atoms with van der Waals surface area (Å²) in [5, 5.41) is 18.8. The number of halogens is 1. The zero-order chi connectivity index (χ0) is 14.0. The molecule has 1 saturated heterocycles. The number of carbonyl (C=O) groups excluding carboxylic acids is 1. The Morgan fingerprint density at radius 2 is 2.05 bits per heavy atom. The van der Waals surface area contributed by atoms with Crippen LogP contribution in [0.15, 0.2) is 18.2 Å². The van der Waals surface area contributed by atoms with Crippen molar-refractivity contribution in [1.82, 2.24) is 4.90 Å². The maximum Gasteiger partial charge on any atom is 0.176 e. The lowest BCUT2D eigenvalue weighted by molar-refractivity contribution is 0.0572. The number of Topliss-reactive ketones (excluding diaryl/α,β-unsaturated/α-hetero) is 1. The number of likely N-dealkylation sites (tertiary alicyclic amines) is 1. The summed E-state index contributed by atoms with van der Waals surface area (Å²) < 4.78 is 18.3. The number of β-amino-alcohol motifs (C(OH)–C–C–N with tert-alkyl or cyclic N) is 2. The molecule has 2 N–H and O–H groups in total. The van der Waals surface area contributed by atoms with E-state index in [1.807, 2.05) is 0 Å². The summed E-state index contributed by atoms with van der Waals surface area (Å²) in [5.41, 5.74) is 0.245. The molecule has 6 heteroatoms. The quantitative estimate of drug-likeness (QED) is 0.756. The molecular formula is C13H16FNO4. The summed E-state index contributed by atoms with van der Waals surface area (Å²) in [4.78, 5) is 13.6. The predicted octanol–water partition coefficient (Wildman–Crippen LogP) is 0.0544. The minimum absolute atomic E-state index is 0.0416. The van der Waals surface area contributed by atoms with Crippen molar-refractivity contribution in [2.24, 2.45) is 0 Å². The number of aliphatic hydroxyl groups excluding tert-OH is 2. The van der Waals surface area contributed by atoms with E-state index in [9.17, 15) is 19.4 Å². The number of aliphatic hydroxyl groups is 2. The number of hydrogen-bond donors (Lipinski definition) is 2. The molecule has 2 atom stereocenters. The number of benzene rings is 1. The molecule has 0 spiro atoms. The van der Waals surface area contributed by atoms with Crippen molar-refractivity contribution < 1.29 is 24.1 Å².